The molecule has 1 N–H and O–H groups in total. The molecule has 3 rings (SSSR count). The highest BCUT2D eigenvalue weighted by Gasteiger charge is 2.12. The third kappa shape index (κ3) is 6.50. The molecule has 0 spiro atoms. The van der Waals surface area contributed by atoms with Crippen LogP contribution in [-0.4, -0.2) is 51.4 Å². The van der Waals surface area contributed by atoms with Gasteiger partial charge in [-0.2, -0.15) is 0 Å². The van der Waals surface area contributed by atoms with Crippen molar-refractivity contribution in [1.82, 2.24) is 0 Å². The van der Waals surface area contributed by atoms with Crippen molar-refractivity contribution < 1.29 is 23.8 Å². The van der Waals surface area contributed by atoms with Crippen LogP contribution in [0.2, 0.25) is 0 Å². The second kappa shape index (κ2) is 10.5. The molecular weight excluding hydrogens is 372 g/mol. The van der Waals surface area contributed by atoms with E-state index in [0.717, 1.165) is 38.4 Å². The van der Waals surface area contributed by atoms with Gasteiger partial charge < -0.3 is 24.4 Å². The van der Waals surface area contributed by atoms with E-state index >= 15 is 0 Å². The van der Waals surface area contributed by atoms with Crippen molar-refractivity contribution >= 4 is 23.3 Å². The average molecular weight is 398 g/mol. The van der Waals surface area contributed by atoms with Crippen LogP contribution in [0.5, 0.6) is 5.75 Å². The molecule has 1 fully saturated rings. The summed E-state index contributed by atoms with van der Waals surface area (Å²) in [4.78, 5) is 26.0. The second-order valence-corrected chi connectivity index (χ2v) is 6.64. The third-order valence-electron chi connectivity index (χ3n) is 4.58. The summed E-state index contributed by atoms with van der Waals surface area (Å²) in [6.45, 7) is 4.61. The van der Waals surface area contributed by atoms with Gasteiger partial charge in [-0.25, -0.2) is 4.79 Å². The molecule has 0 aliphatic carbocycles. The summed E-state index contributed by atoms with van der Waals surface area (Å²) in [7, 11) is 0. The fraction of sp³-hybridized carbons (Fsp3) is 0.364. The minimum atomic E-state index is -0.595. The maximum absolute atomic E-state index is 12.0. The molecule has 0 aromatic heterocycles. The van der Waals surface area contributed by atoms with Crippen LogP contribution in [0, 0.1) is 0 Å². The fourth-order valence-electron chi connectivity index (χ4n) is 2.93. The van der Waals surface area contributed by atoms with Gasteiger partial charge in [-0.05, 0) is 48.4 Å². The van der Waals surface area contributed by atoms with Gasteiger partial charge in [-0.1, -0.05) is 19.1 Å². The number of anilines is 2. The van der Waals surface area contributed by atoms with Crippen LogP contribution >= 0.6 is 0 Å². The number of aryl methyl sites for hydroxylation is 1. The van der Waals surface area contributed by atoms with Gasteiger partial charge in [-0.3, -0.25) is 4.79 Å². The number of amides is 1. The van der Waals surface area contributed by atoms with E-state index in [1.54, 1.807) is 12.1 Å². The molecule has 154 valence electrons. The second-order valence-electron chi connectivity index (χ2n) is 6.64. The quantitative estimate of drug-likeness (QED) is 0.689. The van der Waals surface area contributed by atoms with Crippen molar-refractivity contribution in [3.8, 4) is 5.75 Å². The first-order chi connectivity index (χ1) is 14.1. The van der Waals surface area contributed by atoms with E-state index in [-0.39, 0.29) is 13.2 Å². The molecule has 0 unspecified atom stereocenters. The number of rotatable bonds is 8. The Labute approximate surface area is 170 Å². The predicted molar refractivity (Wildman–Crippen MR) is 110 cm³/mol. The molecule has 0 atom stereocenters. The van der Waals surface area contributed by atoms with Crippen LogP contribution in [-0.2, 0) is 25.5 Å². The predicted octanol–water partition coefficient (Wildman–Crippen LogP) is 2.65. The highest BCUT2D eigenvalue weighted by molar-refractivity contribution is 5.93. The smallest absolute Gasteiger partial charge is 0.344 e. The Morgan fingerprint density at radius 3 is 2.34 bits per heavy atom. The number of nitrogens with one attached hydrogen (secondary N) is 1. The minimum Gasteiger partial charge on any atom is -0.482 e. The van der Waals surface area contributed by atoms with Gasteiger partial charge in [0.25, 0.3) is 5.91 Å². The van der Waals surface area contributed by atoms with E-state index in [1.807, 2.05) is 36.4 Å². The Morgan fingerprint density at radius 2 is 1.69 bits per heavy atom. The summed E-state index contributed by atoms with van der Waals surface area (Å²) in [5, 5.41) is 2.71. The Balaban J connectivity index is 1.38. The van der Waals surface area contributed by atoms with Gasteiger partial charge in [-0.15, -0.1) is 0 Å². The van der Waals surface area contributed by atoms with E-state index in [4.69, 9.17) is 14.2 Å². The third-order valence-corrected chi connectivity index (χ3v) is 4.58. The zero-order valence-electron chi connectivity index (χ0n) is 16.6. The molecule has 0 radical (unpaired) electrons. The van der Waals surface area contributed by atoms with E-state index in [1.165, 1.54) is 5.56 Å². The van der Waals surface area contributed by atoms with E-state index in [0.29, 0.717) is 11.4 Å². The maximum Gasteiger partial charge on any atom is 0.344 e. The van der Waals surface area contributed by atoms with Crippen molar-refractivity contribution in [3.05, 3.63) is 54.1 Å². The molecule has 29 heavy (non-hydrogen) atoms. The first-order valence-electron chi connectivity index (χ1n) is 9.74. The van der Waals surface area contributed by atoms with Gasteiger partial charge in [0.15, 0.2) is 13.2 Å². The Kier molecular flexibility index (Phi) is 7.47. The van der Waals surface area contributed by atoms with Crippen LogP contribution in [0.3, 0.4) is 0 Å². The zero-order valence-corrected chi connectivity index (χ0v) is 16.6. The van der Waals surface area contributed by atoms with Crippen molar-refractivity contribution in [2.45, 2.75) is 13.3 Å². The number of hydrogen-bond donors (Lipinski definition) is 1. The topological polar surface area (TPSA) is 77.1 Å². The molecule has 7 heteroatoms. The molecule has 1 aliphatic rings. The molecule has 0 bridgehead atoms. The summed E-state index contributed by atoms with van der Waals surface area (Å²) in [5.74, 6) is -0.406. The minimum absolute atomic E-state index is 0.243. The standard InChI is InChI=1S/C22H26N2O5/c1-2-17-3-9-20(10-4-17)28-16-22(26)29-15-21(25)23-18-5-7-19(8-6-18)24-11-13-27-14-12-24/h3-10H,2,11-16H2,1H3,(H,23,25). The Morgan fingerprint density at radius 1 is 1.00 bits per heavy atom. The van der Waals surface area contributed by atoms with Gasteiger partial charge >= 0.3 is 5.97 Å². The Hall–Kier alpha value is -3.06. The molecule has 2 aromatic rings. The zero-order chi connectivity index (χ0) is 20.5. The molecule has 1 aliphatic heterocycles. The summed E-state index contributed by atoms with van der Waals surface area (Å²) in [6.07, 6.45) is 0.938. The first kappa shape index (κ1) is 20.7. The monoisotopic (exact) mass is 398 g/mol. The fourth-order valence-corrected chi connectivity index (χ4v) is 2.93. The van der Waals surface area contributed by atoms with Crippen LogP contribution < -0.4 is 15.0 Å². The summed E-state index contributed by atoms with van der Waals surface area (Å²) >= 11 is 0. The lowest BCUT2D eigenvalue weighted by Crippen LogP contribution is -2.36. The van der Waals surface area contributed by atoms with E-state index in [9.17, 15) is 9.59 Å². The summed E-state index contributed by atoms with van der Waals surface area (Å²) < 4.78 is 15.7. The summed E-state index contributed by atoms with van der Waals surface area (Å²) in [5.41, 5.74) is 2.92. The SMILES string of the molecule is CCc1ccc(OCC(=O)OCC(=O)Nc2ccc(N3CCOCC3)cc2)cc1. The number of hydrogen-bond acceptors (Lipinski definition) is 6. The number of carbonyl (C=O) groups is 2. The van der Waals surface area contributed by atoms with Crippen LogP contribution in [0.1, 0.15) is 12.5 Å². The van der Waals surface area contributed by atoms with Gasteiger partial charge in [0.2, 0.25) is 0 Å². The van der Waals surface area contributed by atoms with Crippen molar-refractivity contribution in [1.29, 1.82) is 0 Å². The molecule has 7 nitrogen and oxygen atoms in total. The van der Waals surface area contributed by atoms with Crippen molar-refractivity contribution in [2.75, 3.05) is 49.7 Å². The van der Waals surface area contributed by atoms with Crippen LogP contribution in [0.15, 0.2) is 48.5 Å². The maximum atomic E-state index is 12.0. The number of nitrogens with zero attached hydrogens (tertiary/aromatic N) is 1. The molecule has 2 aromatic carbocycles. The first-order valence-corrected chi connectivity index (χ1v) is 9.74. The number of esters is 1. The van der Waals surface area contributed by atoms with Crippen molar-refractivity contribution in [2.24, 2.45) is 0 Å². The molecular formula is C22H26N2O5. The van der Waals surface area contributed by atoms with Crippen LogP contribution in [0.4, 0.5) is 11.4 Å². The molecule has 1 heterocycles. The largest absolute Gasteiger partial charge is 0.482 e. The molecule has 1 amide bonds. The highest BCUT2D eigenvalue weighted by atomic mass is 16.6. The number of ether oxygens (including phenoxy) is 3. The van der Waals surface area contributed by atoms with Gasteiger partial charge in [0.05, 0.1) is 13.2 Å². The number of benzene rings is 2. The van der Waals surface area contributed by atoms with Crippen molar-refractivity contribution in [3.63, 3.8) is 0 Å². The Bertz CT molecular complexity index is 799. The van der Waals surface area contributed by atoms with Crippen LogP contribution in [0.25, 0.3) is 0 Å². The van der Waals surface area contributed by atoms with Gasteiger partial charge in [0, 0.05) is 24.5 Å². The molecule has 0 saturated carbocycles. The van der Waals surface area contributed by atoms with Gasteiger partial charge in [0.1, 0.15) is 5.75 Å². The van der Waals surface area contributed by atoms with E-state index in [2.05, 4.69) is 17.1 Å². The number of morpholine rings is 1. The lowest BCUT2D eigenvalue weighted by atomic mass is 10.2. The lowest BCUT2D eigenvalue weighted by molar-refractivity contribution is -0.149. The average Bonchev–Trinajstić information content (AvgIpc) is 2.78. The number of carbonyl (C=O) groups excluding carboxylic acids is 2. The molecule has 1 saturated heterocycles. The lowest BCUT2D eigenvalue weighted by Gasteiger charge is -2.28. The van der Waals surface area contributed by atoms with E-state index < -0.39 is 11.9 Å². The normalized spacial score (nSPS) is 13.6. The highest BCUT2D eigenvalue weighted by Crippen LogP contribution is 2.19. The summed E-state index contributed by atoms with van der Waals surface area (Å²) in [6, 6.07) is 15.0.